The average molecular weight is 363 g/mol. The number of unbranched alkanes of at least 4 members (excludes halogenated alkanes) is 7. The summed E-state index contributed by atoms with van der Waals surface area (Å²) in [4.78, 5) is 0. The first-order valence-corrected chi connectivity index (χ1v) is 13.7. The van der Waals surface area contributed by atoms with Crippen LogP contribution in [0.1, 0.15) is 51.4 Å². The summed E-state index contributed by atoms with van der Waals surface area (Å²) in [5, 5.41) is 0. The Balaban J connectivity index is 3.18. The van der Waals surface area contributed by atoms with Crippen LogP contribution in [0.15, 0.2) is 0 Å². The number of hydrogen-bond donors (Lipinski definition) is 0. The second-order valence-corrected chi connectivity index (χ2v) is 13.3. The van der Waals surface area contributed by atoms with Crippen molar-refractivity contribution in [3.8, 4) is 0 Å². The molecule has 0 heterocycles. The molecule has 20 heavy (non-hydrogen) atoms. The van der Waals surface area contributed by atoms with Crippen molar-refractivity contribution in [2.75, 3.05) is 24.0 Å². The highest BCUT2D eigenvalue weighted by atomic mass is 33.2. The van der Waals surface area contributed by atoms with Crippen molar-refractivity contribution in [3.05, 3.63) is 0 Å². The smallest absolute Gasteiger partial charge is 0.170 e. The summed E-state index contributed by atoms with van der Waals surface area (Å²) in [6, 6.07) is 0. The Morgan fingerprint density at radius 3 is 1.00 bits per heavy atom. The second-order valence-electron chi connectivity index (χ2n) is 4.65. The van der Waals surface area contributed by atoms with Crippen LogP contribution in [0.2, 0.25) is 0 Å². The molecule has 0 rings (SSSR count). The highest BCUT2D eigenvalue weighted by Crippen LogP contribution is 2.12. The van der Waals surface area contributed by atoms with E-state index in [-0.39, 0.29) is 0 Å². The minimum absolute atomic E-state index is 0.545. The molecule has 0 radical (unpaired) electrons. The van der Waals surface area contributed by atoms with E-state index in [0.717, 1.165) is 51.4 Å². The van der Waals surface area contributed by atoms with E-state index in [2.05, 4.69) is 0 Å². The number of hydrogen-bond acceptors (Lipinski definition) is 4. The van der Waals surface area contributed by atoms with Gasteiger partial charge >= 0.3 is 0 Å². The fourth-order valence-electron chi connectivity index (χ4n) is 1.74. The zero-order valence-electron chi connectivity index (χ0n) is 12.3. The predicted octanol–water partition coefficient (Wildman–Crippen LogP) is 2.19. The second kappa shape index (κ2) is 13.9. The van der Waals surface area contributed by atoms with Gasteiger partial charge in [-0.2, -0.15) is 0 Å². The lowest BCUT2D eigenvalue weighted by molar-refractivity contribution is 0.566. The molecule has 0 aromatic carbocycles. The summed E-state index contributed by atoms with van der Waals surface area (Å²) in [6.07, 6.45) is 11.4. The Kier molecular flexibility index (Phi) is 14.7. The fraction of sp³-hybridized carbons (Fsp3) is 1.00. The van der Waals surface area contributed by atoms with Crippen molar-refractivity contribution >= 4 is 40.8 Å². The van der Waals surface area contributed by atoms with Gasteiger partial charge in [0.2, 0.25) is 0 Å². The Labute approximate surface area is 134 Å². The van der Waals surface area contributed by atoms with Crippen LogP contribution >= 0.6 is 0 Å². The minimum atomic E-state index is -1.20. The third-order valence-corrected chi connectivity index (χ3v) is 9.33. The van der Waals surface area contributed by atoms with Crippen LogP contribution in [-0.2, 0) is 40.8 Å². The topological polar surface area (TPSA) is 92.2 Å². The Morgan fingerprint density at radius 1 is 0.500 bits per heavy atom. The van der Waals surface area contributed by atoms with Crippen molar-refractivity contribution in [2.45, 2.75) is 51.4 Å². The molecule has 0 aliphatic heterocycles. The van der Waals surface area contributed by atoms with Crippen molar-refractivity contribution in [1.82, 2.24) is 0 Å². The molecule has 0 fully saturated rings. The van der Waals surface area contributed by atoms with Gasteiger partial charge in [-0.3, -0.25) is 0 Å². The lowest BCUT2D eigenvalue weighted by atomic mass is 10.1. The van der Waals surface area contributed by atoms with Crippen LogP contribution in [-0.4, -0.2) is 42.2 Å². The zero-order valence-corrected chi connectivity index (χ0v) is 15.6. The lowest BCUT2D eigenvalue weighted by Crippen LogP contribution is -2.17. The molecular formula is C12H26O4S4. The van der Waals surface area contributed by atoms with Crippen molar-refractivity contribution < 1.29 is 18.2 Å². The van der Waals surface area contributed by atoms with Gasteiger partial charge in [-0.25, -0.2) is 0 Å². The van der Waals surface area contributed by atoms with Crippen molar-refractivity contribution in [3.63, 3.8) is 0 Å². The van der Waals surface area contributed by atoms with Crippen LogP contribution in [0.4, 0.5) is 0 Å². The molecule has 0 bridgehead atoms. The maximum atomic E-state index is 11.2. The van der Waals surface area contributed by atoms with Crippen LogP contribution in [0, 0.1) is 0 Å². The summed E-state index contributed by atoms with van der Waals surface area (Å²) in [5.74, 6) is 1.09. The van der Waals surface area contributed by atoms with E-state index in [4.69, 9.17) is 0 Å². The molecule has 122 valence electrons. The molecule has 4 nitrogen and oxygen atoms in total. The Bertz CT molecular complexity index is 198. The maximum absolute atomic E-state index is 11.2. The fourth-order valence-corrected chi connectivity index (χ4v) is 5.20. The minimum Gasteiger partial charge on any atom is -0.572 e. The van der Waals surface area contributed by atoms with Crippen LogP contribution < -0.4 is 0 Å². The first-order chi connectivity index (χ1) is 9.45. The molecule has 4 unspecified atom stereocenters. The monoisotopic (exact) mass is 362 g/mol. The Morgan fingerprint density at radius 2 is 0.750 bits per heavy atom. The molecule has 0 aliphatic carbocycles. The third kappa shape index (κ3) is 12.9. The molecule has 0 spiro atoms. The molecule has 0 aliphatic rings. The van der Waals surface area contributed by atoms with Gasteiger partial charge in [0.1, 0.15) is 12.5 Å². The first-order valence-electron chi connectivity index (χ1n) is 6.89. The van der Waals surface area contributed by atoms with Crippen LogP contribution in [0.3, 0.4) is 0 Å². The molecule has 4 atom stereocenters. The number of rotatable bonds is 13. The molecule has 0 N–H and O–H groups in total. The van der Waals surface area contributed by atoms with E-state index in [1.165, 1.54) is 12.5 Å². The summed E-state index contributed by atoms with van der Waals surface area (Å²) >= 11 is 0. The van der Waals surface area contributed by atoms with Gasteiger partial charge < -0.3 is 18.2 Å². The summed E-state index contributed by atoms with van der Waals surface area (Å²) in [7, 11) is -4.76. The highest BCUT2D eigenvalue weighted by molar-refractivity contribution is 8.67. The van der Waals surface area contributed by atoms with Crippen molar-refractivity contribution in [2.24, 2.45) is 0 Å². The lowest BCUT2D eigenvalue weighted by Gasteiger charge is -2.08. The zero-order chi connectivity index (χ0) is 15.4. The van der Waals surface area contributed by atoms with Gasteiger partial charge in [-0.05, 0) is 25.7 Å². The van der Waals surface area contributed by atoms with Gasteiger partial charge in [0, 0.05) is 0 Å². The van der Waals surface area contributed by atoms with Gasteiger partial charge in [0.25, 0.3) is 0 Å². The molecule has 0 saturated carbocycles. The standard InChI is InChI=1S/C12H26O4S4/c1-17(13)19(15)11-9-7-5-3-4-6-8-10-12-20(16)18(2)14/h3-12H2,1-2H3. The molecule has 0 aromatic heterocycles. The molecular weight excluding hydrogens is 336 g/mol. The predicted molar refractivity (Wildman–Crippen MR) is 91.1 cm³/mol. The van der Waals surface area contributed by atoms with Gasteiger partial charge in [0.05, 0.1) is 0 Å². The van der Waals surface area contributed by atoms with E-state index in [0.29, 0.717) is 11.5 Å². The van der Waals surface area contributed by atoms with Gasteiger partial charge in [0.15, 0.2) is 52.3 Å². The molecule has 8 heteroatoms. The molecule has 0 aromatic rings. The average Bonchev–Trinajstić information content (AvgIpc) is 2.39. The summed E-state index contributed by atoms with van der Waals surface area (Å²) in [5.41, 5.74) is 0. The van der Waals surface area contributed by atoms with Gasteiger partial charge in [-0.1, -0.05) is 25.7 Å². The maximum Gasteiger partial charge on any atom is 0.170 e. The quantitative estimate of drug-likeness (QED) is 0.285. The molecule has 0 saturated heterocycles. The van der Waals surface area contributed by atoms with E-state index >= 15 is 0 Å². The van der Waals surface area contributed by atoms with E-state index in [1.807, 2.05) is 0 Å². The van der Waals surface area contributed by atoms with E-state index in [1.54, 1.807) is 0 Å². The van der Waals surface area contributed by atoms with Crippen molar-refractivity contribution in [1.29, 1.82) is 0 Å². The first kappa shape index (κ1) is 21.2. The summed E-state index contributed by atoms with van der Waals surface area (Å²) in [6.45, 7) is 0. The van der Waals surface area contributed by atoms with E-state index in [9.17, 15) is 18.2 Å². The normalized spacial score (nSPS) is 17.7. The van der Waals surface area contributed by atoms with Crippen LogP contribution in [0.25, 0.3) is 0 Å². The summed E-state index contributed by atoms with van der Waals surface area (Å²) < 4.78 is 44.2. The molecule has 0 amide bonds. The highest BCUT2D eigenvalue weighted by Gasteiger charge is 2.18. The largest absolute Gasteiger partial charge is 0.572 e. The van der Waals surface area contributed by atoms with Crippen LogP contribution in [0.5, 0.6) is 0 Å². The Hall–Kier alpha value is 1.24. The third-order valence-electron chi connectivity index (χ3n) is 2.90. The SMILES string of the molecule is C[S+]([O-])[S+]([O-])CCCCCCCCCC[S+]([O-])[S+](C)[O-]. The van der Waals surface area contributed by atoms with Gasteiger partial charge in [-0.15, -0.1) is 0 Å². The van der Waals surface area contributed by atoms with E-state index < -0.39 is 40.8 Å².